The fourth-order valence-electron chi connectivity index (χ4n) is 2.68. The number of nitrogens with one attached hydrogen (secondary N) is 1. The predicted molar refractivity (Wildman–Crippen MR) is 86.4 cm³/mol. The molecule has 0 spiro atoms. The smallest absolute Gasteiger partial charge is 0.137 e. The van der Waals surface area contributed by atoms with Crippen LogP contribution in [0.3, 0.4) is 0 Å². The van der Waals surface area contributed by atoms with Gasteiger partial charge in [0.05, 0.1) is 11.4 Å². The van der Waals surface area contributed by atoms with Gasteiger partial charge in [0.25, 0.3) is 0 Å². The number of rotatable bonds is 4. The molecule has 0 fully saturated rings. The van der Waals surface area contributed by atoms with E-state index in [1.165, 1.54) is 16.8 Å². The van der Waals surface area contributed by atoms with Crippen molar-refractivity contribution in [2.24, 2.45) is 0 Å². The van der Waals surface area contributed by atoms with E-state index in [9.17, 15) is 0 Å². The van der Waals surface area contributed by atoms with Crippen LogP contribution in [0.4, 0.5) is 0 Å². The molecule has 0 amide bonds. The molecule has 3 rings (SSSR count). The zero-order valence-electron chi connectivity index (χ0n) is 12.8. The lowest BCUT2D eigenvalue weighted by Crippen LogP contribution is -2.19. The molecule has 108 valence electrons. The first-order valence-electron chi connectivity index (χ1n) is 7.37. The van der Waals surface area contributed by atoms with Gasteiger partial charge in [-0.25, -0.2) is 4.98 Å². The molecule has 0 unspecified atom stereocenters. The molecule has 3 heteroatoms. The molecule has 1 atom stereocenters. The summed E-state index contributed by atoms with van der Waals surface area (Å²) in [4.78, 5) is 4.60. The van der Waals surface area contributed by atoms with Crippen molar-refractivity contribution in [2.75, 3.05) is 0 Å². The van der Waals surface area contributed by atoms with E-state index in [1.807, 2.05) is 18.2 Å². The van der Waals surface area contributed by atoms with Crippen molar-refractivity contribution in [1.82, 2.24) is 14.7 Å². The Bertz CT molecular complexity index is 758. The van der Waals surface area contributed by atoms with E-state index in [-0.39, 0.29) is 0 Å². The van der Waals surface area contributed by atoms with Gasteiger partial charge in [0.1, 0.15) is 5.65 Å². The van der Waals surface area contributed by atoms with Crippen molar-refractivity contribution in [3.05, 3.63) is 71.2 Å². The van der Waals surface area contributed by atoms with Crippen LogP contribution in [0.25, 0.3) is 5.65 Å². The highest BCUT2D eigenvalue weighted by Gasteiger charge is 2.10. The molecule has 0 aliphatic carbocycles. The zero-order valence-corrected chi connectivity index (χ0v) is 12.8. The van der Waals surface area contributed by atoms with Crippen molar-refractivity contribution in [3.63, 3.8) is 0 Å². The van der Waals surface area contributed by atoms with Crippen LogP contribution >= 0.6 is 0 Å². The Morgan fingerprint density at radius 2 is 2.00 bits per heavy atom. The number of aromatic nitrogens is 2. The number of nitrogens with zero attached hydrogens (tertiary/aromatic N) is 2. The van der Waals surface area contributed by atoms with E-state index >= 15 is 0 Å². The zero-order chi connectivity index (χ0) is 14.8. The fraction of sp³-hybridized carbons (Fsp3) is 0.278. The molecule has 0 saturated heterocycles. The fourth-order valence-corrected chi connectivity index (χ4v) is 2.68. The first-order valence-corrected chi connectivity index (χ1v) is 7.37. The maximum atomic E-state index is 4.60. The van der Waals surface area contributed by atoms with Crippen molar-refractivity contribution in [3.8, 4) is 0 Å². The molecule has 0 bridgehead atoms. The second-order valence-corrected chi connectivity index (χ2v) is 5.59. The van der Waals surface area contributed by atoms with Gasteiger partial charge in [-0.15, -0.1) is 0 Å². The maximum Gasteiger partial charge on any atom is 0.137 e. The third kappa shape index (κ3) is 2.83. The number of benzene rings is 1. The van der Waals surface area contributed by atoms with Crippen molar-refractivity contribution in [1.29, 1.82) is 0 Å². The summed E-state index contributed by atoms with van der Waals surface area (Å²) in [5.41, 5.74) is 5.94. The Labute approximate surface area is 125 Å². The third-order valence-electron chi connectivity index (χ3n) is 3.95. The number of hydrogen-bond acceptors (Lipinski definition) is 2. The van der Waals surface area contributed by atoms with Crippen LogP contribution < -0.4 is 5.32 Å². The van der Waals surface area contributed by atoms with Crippen molar-refractivity contribution in [2.45, 2.75) is 33.4 Å². The number of aryl methyl sites for hydroxylation is 2. The van der Waals surface area contributed by atoms with Crippen LogP contribution in [0.5, 0.6) is 0 Å². The average Bonchev–Trinajstić information content (AvgIpc) is 2.80. The monoisotopic (exact) mass is 279 g/mol. The molecule has 3 nitrogen and oxygen atoms in total. The van der Waals surface area contributed by atoms with Gasteiger partial charge in [0.15, 0.2) is 0 Å². The second-order valence-electron chi connectivity index (χ2n) is 5.59. The van der Waals surface area contributed by atoms with Crippen LogP contribution in [-0.4, -0.2) is 9.38 Å². The summed E-state index contributed by atoms with van der Waals surface area (Å²) in [6.07, 6.45) is 2.07. The molecule has 2 aromatic heterocycles. The largest absolute Gasteiger partial charge is 0.305 e. The van der Waals surface area contributed by atoms with Gasteiger partial charge in [-0.05, 0) is 38.5 Å². The first-order chi connectivity index (χ1) is 10.1. The van der Waals surface area contributed by atoms with Gasteiger partial charge in [-0.1, -0.05) is 35.9 Å². The minimum Gasteiger partial charge on any atom is -0.305 e. The lowest BCUT2D eigenvalue weighted by atomic mass is 10.1. The lowest BCUT2D eigenvalue weighted by Gasteiger charge is -2.15. The third-order valence-corrected chi connectivity index (χ3v) is 3.95. The Kier molecular flexibility index (Phi) is 3.76. The van der Waals surface area contributed by atoms with Crippen molar-refractivity contribution >= 4 is 5.65 Å². The summed E-state index contributed by atoms with van der Waals surface area (Å²) in [5, 5.41) is 3.60. The van der Waals surface area contributed by atoms with Gasteiger partial charge in [0.2, 0.25) is 0 Å². The van der Waals surface area contributed by atoms with Gasteiger partial charge >= 0.3 is 0 Å². The van der Waals surface area contributed by atoms with E-state index in [0.717, 1.165) is 17.9 Å². The standard InChI is InChI=1S/C18H21N3/c1-13-7-6-8-16(11-13)14(2)19-12-17-15(3)20-18-9-4-5-10-21(17)18/h4-11,14,19H,12H2,1-3H3/t14-/m0/s1. The normalized spacial score (nSPS) is 12.7. The maximum absolute atomic E-state index is 4.60. The number of hydrogen-bond donors (Lipinski definition) is 1. The summed E-state index contributed by atoms with van der Waals surface area (Å²) in [6, 6.07) is 15.1. The molecular formula is C18H21N3. The predicted octanol–water partition coefficient (Wildman–Crippen LogP) is 3.80. The number of fused-ring (bicyclic) bond motifs is 1. The van der Waals surface area contributed by atoms with Crippen LogP contribution in [0.2, 0.25) is 0 Å². The minimum absolute atomic E-state index is 0.318. The average molecular weight is 279 g/mol. The molecule has 0 radical (unpaired) electrons. The SMILES string of the molecule is Cc1cccc([C@H](C)NCc2c(C)nc3ccccn23)c1. The van der Waals surface area contributed by atoms with E-state index < -0.39 is 0 Å². The van der Waals surface area contributed by atoms with E-state index in [0.29, 0.717) is 6.04 Å². The molecule has 0 aliphatic rings. The Morgan fingerprint density at radius 3 is 2.81 bits per heavy atom. The molecule has 1 N–H and O–H groups in total. The summed E-state index contributed by atoms with van der Waals surface area (Å²) < 4.78 is 2.16. The quantitative estimate of drug-likeness (QED) is 0.787. The highest BCUT2D eigenvalue weighted by atomic mass is 15.0. The van der Waals surface area contributed by atoms with E-state index in [1.54, 1.807) is 0 Å². The highest BCUT2D eigenvalue weighted by Crippen LogP contribution is 2.16. The number of imidazole rings is 1. The van der Waals surface area contributed by atoms with Crippen LogP contribution in [0.1, 0.15) is 35.5 Å². The Morgan fingerprint density at radius 1 is 1.14 bits per heavy atom. The Hall–Kier alpha value is -2.13. The van der Waals surface area contributed by atoms with E-state index in [2.05, 4.69) is 65.9 Å². The van der Waals surface area contributed by atoms with Gasteiger partial charge < -0.3 is 9.72 Å². The van der Waals surface area contributed by atoms with Gasteiger partial charge in [-0.2, -0.15) is 0 Å². The van der Waals surface area contributed by atoms with Gasteiger partial charge in [-0.3, -0.25) is 0 Å². The molecule has 2 heterocycles. The summed E-state index contributed by atoms with van der Waals surface area (Å²) in [6.45, 7) is 7.21. The molecule has 0 saturated carbocycles. The van der Waals surface area contributed by atoms with Crippen molar-refractivity contribution < 1.29 is 0 Å². The summed E-state index contributed by atoms with van der Waals surface area (Å²) in [5.74, 6) is 0. The minimum atomic E-state index is 0.318. The molecular weight excluding hydrogens is 258 g/mol. The molecule has 0 aliphatic heterocycles. The highest BCUT2D eigenvalue weighted by molar-refractivity contribution is 5.42. The summed E-state index contributed by atoms with van der Waals surface area (Å²) >= 11 is 0. The van der Waals surface area contributed by atoms with E-state index in [4.69, 9.17) is 0 Å². The molecule has 21 heavy (non-hydrogen) atoms. The topological polar surface area (TPSA) is 29.3 Å². The summed E-state index contributed by atoms with van der Waals surface area (Å²) in [7, 11) is 0. The number of pyridine rings is 1. The lowest BCUT2D eigenvalue weighted by molar-refractivity contribution is 0.564. The second kappa shape index (κ2) is 5.70. The Balaban J connectivity index is 1.79. The van der Waals surface area contributed by atoms with Gasteiger partial charge in [0, 0.05) is 18.8 Å². The van der Waals surface area contributed by atoms with Crippen LogP contribution in [0.15, 0.2) is 48.7 Å². The molecule has 1 aromatic carbocycles. The first kappa shape index (κ1) is 13.8. The molecule has 3 aromatic rings. The van der Waals surface area contributed by atoms with Crippen LogP contribution in [-0.2, 0) is 6.54 Å². The van der Waals surface area contributed by atoms with Crippen LogP contribution in [0, 0.1) is 13.8 Å².